The van der Waals surface area contributed by atoms with Crippen LogP contribution in [0.2, 0.25) is 0 Å². The van der Waals surface area contributed by atoms with Crippen molar-refractivity contribution in [3.63, 3.8) is 0 Å². The number of likely N-dealkylation sites (N-methyl/N-ethyl adjacent to an activating group) is 2. The van der Waals surface area contributed by atoms with E-state index in [1.807, 2.05) is 0 Å². The monoisotopic (exact) mass is 129 g/mol. The van der Waals surface area contributed by atoms with Crippen LogP contribution in [0.5, 0.6) is 0 Å². The second kappa shape index (κ2) is 4.77. The van der Waals surface area contributed by atoms with Crippen LogP contribution in [0.4, 0.5) is 0 Å². The van der Waals surface area contributed by atoms with E-state index in [-0.39, 0.29) is 0 Å². The maximum atomic E-state index is 2.18. The zero-order valence-electron chi connectivity index (χ0n) is 6.89. The number of rotatable bonds is 4. The first-order valence-electron chi connectivity index (χ1n) is 3.31. The molecule has 0 heterocycles. The first-order valence-corrected chi connectivity index (χ1v) is 3.31. The Morgan fingerprint density at radius 1 is 1.11 bits per heavy atom. The topological polar surface area (TPSA) is 6.48 Å². The smallest absolute Gasteiger partial charge is 0.0218 e. The van der Waals surface area contributed by atoms with E-state index in [4.69, 9.17) is 0 Å². The van der Waals surface area contributed by atoms with Gasteiger partial charge in [0.2, 0.25) is 0 Å². The largest absolute Gasteiger partial charge is 0.308 e. The highest BCUT2D eigenvalue weighted by Gasteiger charge is 1.93. The summed E-state index contributed by atoms with van der Waals surface area (Å²) in [5.41, 5.74) is 0. The summed E-state index contributed by atoms with van der Waals surface area (Å²) < 4.78 is 0. The fraction of sp³-hybridized carbons (Fsp3) is 0.857. The molecule has 0 atom stereocenters. The van der Waals surface area contributed by atoms with Crippen molar-refractivity contribution in [2.75, 3.05) is 34.2 Å². The Hall–Kier alpha value is -0.0800. The van der Waals surface area contributed by atoms with E-state index in [0.29, 0.717) is 0 Å². The molecule has 0 aliphatic heterocycles. The van der Waals surface area contributed by atoms with Crippen LogP contribution < -0.4 is 0 Å². The third kappa shape index (κ3) is 5.80. The van der Waals surface area contributed by atoms with Gasteiger partial charge in [0.1, 0.15) is 0 Å². The molecule has 0 spiro atoms. The van der Waals surface area contributed by atoms with Gasteiger partial charge in [0.05, 0.1) is 0 Å². The van der Waals surface area contributed by atoms with Gasteiger partial charge < -0.3 is 9.80 Å². The van der Waals surface area contributed by atoms with Crippen molar-refractivity contribution in [3.8, 4) is 0 Å². The Morgan fingerprint density at radius 3 is 2.00 bits per heavy atom. The van der Waals surface area contributed by atoms with Gasteiger partial charge in [-0.1, -0.05) is 0 Å². The van der Waals surface area contributed by atoms with Crippen LogP contribution in [0.1, 0.15) is 6.92 Å². The van der Waals surface area contributed by atoms with E-state index < -0.39 is 0 Å². The SMILES string of the molecule is C[CH]N(C)CCN(C)C. The van der Waals surface area contributed by atoms with Crippen molar-refractivity contribution in [1.82, 2.24) is 9.80 Å². The lowest BCUT2D eigenvalue weighted by atomic mass is 10.5. The van der Waals surface area contributed by atoms with Crippen LogP contribution in [0, 0.1) is 6.54 Å². The van der Waals surface area contributed by atoms with Crippen molar-refractivity contribution in [2.24, 2.45) is 0 Å². The minimum absolute atomic E-state index is 1.11. The zero-order valence-corrected chi connectivity index (χ0v) is 6.89. The van der Waals surface area contributed by atoms with Gasteiger partial charge in [-0.15, -0.1) is 0 Å². The standard InChI is InChI=1S/C7H17N2/c1-5-9(4)7-6-8(2)3/h5H,6-7H2,1-4H3. The second-order valence-corrected chi connectivity index (χ2v) is 2.54. The molecular formula is C7H17N2. The highest BCUT2D eigenvalue weighted by atomic mass is 15.1. The van der Waals surface area contributed by atoms with Gasteiger partial charge >= 0.3 is 0 Å². The van der Waals surface area contributed by atoms with E-state index in [1.165, 1.54) is 0 Å². The van der Waals surface area contributed by atoms with E-state index in [9.17, 15) is 0 Å². The highest BCUT2D eigenvalue weighted by molar-refractivity contribution is 4.58. The molecule has 2 nitrogen and oxygen atoms in total. The molecule has 1 radical (unpaired) electrons. The number of nitrogens with zero attached hydrogens (tertiary/aromatic N) is 2. The maximum absolute atomic E-state index is 2.18. The van der Waals surface area contributed by atoms with Crippen LogP contribution in [-0.2, 0) is 0 Å². The Kier molecular flexibility index (Phi) is 4.72. The fourth-order valence-electron chi connectivity index (χ4n) is 0.487. The molecule has 0 aromatic heterocycles. The molecule has 0 bridgehead atoms. The summed E-state index contributed by atoms with van der Waals surface area (Å²) in [5.74, 6) is 0. The lowest BCUT2D eigenvalue weighted by Crippen LogP contribution is -2.26. The molecule has 0 unspecified atom stereocenters. The van der Waals surface area contributed by atoms with Crippen LogP contribution in [0.3, 0.4) is 0 Å². The van der Waals surface area contributed by atoms with Crippen molar-refractivity contribution < 1.29 is 0 Å². The molecule has 0 fully saturated rings. The molecule has 0 rings (SSSR count). The normalized spacial score (nSPS) is 11.3. The summed E-state index contributed by atoms with van der Waals surface area (Å²) in [6.45, 7) is 6.38. The molecular weight excluding hydrogens is 112 g/mol. The second-order valence-electron chi connectivity index (χ2n) is 2.54. The first-order chi connectivity index (χ1) is 4.16. The quantitative estimate of drug-likeness (QED) is 0.550. The molecule has 0 aromatic rings. The molecule has 9 heavy (non-hydrogen) atoms. The molecule has 0 aromatic carbocycles. The van der Waals surface area contributed by atoms with Gasteiger partial charge in [-0.25, -0.2) is 0 Å². The van der Waals surface area contributed by atoms with Crippen LogP contribution >= 0.6 is 0 Å². The van der Waals surface area contributed by atoms with Gasteiger partial charge in [0.15, 0.2) is 0 Å². The minimum atomic E-state index is 1.11. The lowest BCUT2D eigenvalue weighted by molar-refractivity contribution is 0.322. The third-order valence-corrected chi connectivity index (χ3v) is 1.34. The van der Waals surface area contributed by atoms with E-state index >= 15 is 0 Å². The van der Waals surface area contributed by atoms with Crippen molar-refractivity contribution in [3.05, 3.63) is 6.54 Å². The average molecular weight is 129 g/mol. The molecule has 0 saturated carbocycles. The van der Waals surface area contributed by atoms with E-state index in [0.717, 1.165) is 13.1 Å². The van der Waals surface area contributed by atoms with Gasteiger partial charge in [-0.3, -0.25) is 0 Å². The Labute approximate surface area is 58.4 Å². The van der Waals surface area contributed by atoms with Crippen molar-refractivity contribution >= 4 is 0 Å². The van der Waals surface area contributed by atoms with Crippen molar-refractivity contribution in [1.29, 1.82) is 0 Å². The molecule has 0 amide bonds. The molecule has 0 saturated heterocycles. The first kappa shape index (κ1) is 8.92. The summed E-state index contributed by atoms with van der Waals surface area (Å²) >= 11 is 0. The summed E-state index contributed by atoms with van der Waals surface area (Å²) in [6, 6.07) is 0. The Balaban J connectivity index is 3.06. The number of hydrogen-bond acceptors (Lipinski definition) is 2. The molecule has 0 N–H and O–H groups in total. The molecule has 55 valence electrons. The predicted octanol–water partition coefficient (Wildman–Crippen LogP) is 0.661. The average Bonchev–Trinajstić information content (AvgIpc) is 1.83. The van der Waals surface area contributed by atoms with Gasteiger partial charge in [0, 0.05) is 19.6 Å². The maximum Gasteiger partial charge on any atom is 0.0218 e. The summed E-state index contributed by atoms with van der Waals surface area (Å²) in [7, 11) is 6.26. The molecule has 2 heteroatoms. The van der Waals surface area contributed by atoms with Gasteiger partial charge in [-0.05, 0) is 28.1 Å². The fourth-order valence-corrected chi connectivity index (χ4v) is 0.487. The van der Waals surface area contributed by atoms with Crippen LogP contribution in [0.25, 0.3) is 0 Å². The van der Waals surface area contributed by atoms with Gasteiger partial charge in [0.25, 0.3) is 0 Å². The summed E-state index contributed by atoms with van der Waals surface area (Å²) in [6.07, 6.45) is 0. The molecule has 0 aliphatic rings. The van der Waals surface area contributed by atoms with Crippen LogP contribution in [0.15, 0.2) is 0 Å². The predicted molar refractivity (Wildman–Crippen MR) is 41.2 cm³/mol. The number of hydrogen-bond donors (Lipinski definition) is 0. The Morgan fingerprint density at radius 2 is 1.67 bits per heavy atom. The van der Waals surface area contributed by atoms with E-state index in [2.05, 4.69) is 44.4 Å². The van der Waals surface area contributed by atoms with Gasteiger partial charge in [-0.2, -0.15) is 0 Å². The lowest BCUT2D eigenvalue weighted by Gasteiger charge is -2.16. The van der Waals surface area contributed by atoms with E-state index in [1.54, 1.807) is 0 Å². The van der Waals surface area contributed by atoms with Crippen molar-refractivity contribution in [2.45, 2.75) is 6.92 Å². The van der Waals surface area contributed by atoms with Crippen LogP contribution in [-0.4, -0.2) is 44.0 Å². The summed E-state index contributed by atoms with van der Waals surface area (Å²) in [4.78, 5) is 4.36. The minimum Gasteiger partial charge on any atom is -0.308 e. The summed E-state index contributed by atoms with van der Waals surface area (Å²) in [5, 5.41) is 0. The Bertz CT molecular complexity index is 61.9. The molecule has 0 aliphatic carbocycles. The third-order valence-electron chi connectivity index (χ3n) is 1.34. The highest BCUT2D eigenvalue weighted by Crippen LogP contribution is 1.85. The zero-order chi connectivity index (χ0) is 7.28.